The molecule has 3 nitrogen and oxygen atoms in total. The van der Waals surface area contributed by atoms with Gasteiger partial charge in [0.1, 0.15) is 0 Å². The van der Waals surface area contributed by atoms with Crippen LogP contribution in [0.4, 0.5) is 0 Å². The van der Waals surface area contributed by atoms with Gasteiger partial charge in [0.25, 0.3) is 0 Å². The summed E-state index contributed by atoms with van der Waals surface area (Å²) in [5.41, 5.74) is 6.77. The zero-order chi connectivity index (χ0) is 10.4. The van der Waals surface area contributed by atoms with Gasteiger partial charge in [0.05, 0.1) is 11.8 Å². The summed E-state index contributed by atoms with van der Waals surface area (Å²) in [5, 5.41) is 8.16. The lowest BCUT2D eigenvalue weighted by Gasteiger charge is -2.07. The molecule has 1 aromatic carbocycles. The maximum Gasteiger partial charge on any atom is 0.305 e. The Morgan fingerprint density at radius 3 is 2.53 bits per heavy atom. The number of carboxylic acid groups (broad SMARTS) is 1. The van der Waals surface area contributed by atoms with Gasteiger partial charge in [-0.2, -0.15) is 0 Å². The monoisotopic (exact) mass is 247 g/mol. The van der Waals surface area contributed by atoms with Crippen LogP contribution in [0.3, 0.4) is 0 Å². The number of carboxylic acids is 1. The van der Waals surface area contributed by atoms with Crippen LogP contribution in [0.2, 0.25) is 0 Å². The zero-order valence-electron chi connectivity index (χ0n) is 8.13. The largest absolute Gasteiger partial charge is 0.481 e. The van der Waals surface area contributed by atoms with E-state index in [1.54, 1.807) is 0 Å². The van der Waals surface area contributed by atoms with Gasteiger partial charge in [-0.1, -0.05) is 30.3 Å². The second-order valence-electron chi connectivity index (χ2n) is 2.93. The number of nitrogens with two attached hydrogens (primary N) is 1. The van der Waals surface area contributed by atoms with E-state index in [4.69, 9.17) is 10.8 Å². The molecule has 0 spiro atoms. The first-order valence-corrected chi connectivity index (χ1v) is 5.36. The van der Waals surface area contributed by atoms with Gasteiger partial charge >= 0.3 is 5.97 Å². The molecule has 1 rings (SSSR count). The second-order valence-corrected chi connectivity index (χ2v) is 4.16. The molecule has 1 unspecified atom stereocenters. The van der Waals surface area contributed by atoms with Gasteiger partial charge in [0.15, 0.2) is 0 Å². The fraction of sp³-hybridized carbons (Fsp3) is 0.300. The molecular weight excluding hydrogens is 234 g/mol. The summed E-state index contributed by atoms with van der Waals surface area (Å²) in [6.45, 7) is 0. The molecule has 0 saturated carbocycles. The van der Waals surface area contributed by atoms with Crippen molar-refractivity contribution in [1.29, 1.82) is 0 Å². The Balaban J connectivity index is 0.00000196. The highest BCUT2D eigenvalue weighted by Crippen LogP contribution is 2.16. The van der Waals surface area contributed by atoms with Crippen LogP contribution < -0.4 is 5.73 Å². The fourth-order valence-electron chi connectivity index (χ4n) is 1.01. The number of benzene rings is 1. The van der Waals surface area contributed by atoms with Crippen LogP contribution in [0, 0.1) is 0 Å². The number of hydrogen-bond acceptors (Lipinski definition) is 3. The van der Waals surface area contributed by atoms with Crippen LogP contribution in [0.15, 0.2) is 30.3 Å². The highest BCUT2D eigenvalue weighted by molar-refractivity contribution is 7.99. The number of thioether (sulfide) groups is 1. The van der Waals surface area contributed by atoms with Crippen LogP contribution >= 0.6 is 24.2 Å². The molecule has 0 aromatic heterocycles. The summed E-state index contributed by atoms with van der Waals surface area (Å²) in [7, 11) is 0. The lowest BCUT2D eigenvalue weighted by atomic mass is 10.2. The predicted octanol–water partition coefficient (Wildman–Crippen LogP) is 2.10. The second kappa shape index (κ2) is 7.56. The van der Waals surface area contributed by atoms with Crippen molar-refractivity contribution < 1.29 is 9.90 Å². The van der Waals surface area contributed by atoms with E-state index in [1.165, 1.54) is 17.3 Å². The minimum absolute atomic E-state index is 0. The standard InChI is InChI=1S/C10H13NO2S.ClH/c11-9(6-10(12)13)14-7-8-4-2-1-3-5-8;/h1-5,9H,6-7,11H2,(H,12,13);1H. The van der Waals surface area contributed by atoms with Crippen molar-refractivity contribution >= 4 is 30.1 Å². The predicted molar refractivity (Wildman–Crippen MR) is 65.2 cm³/mol. The average molecular weight is 248 g/mol. The minimum atomic E-state index is -0.849. The van der Waals surface area contributed by atoms with E-state index in [9.17, 15) is 4.79 Å². The van der Waals surface area contributed by atoms with E-state index in [2.05, 4.69) is 0 Å². The molecule has 0 aliphatic rings. The molecule has 0 amide bonds. The SMILES string of the molecule is Cl.NC(CC(=O)O)SCc1ccccc1. The Morgan fingerprint density at radius 1 is 1.40 bits per heavy atom. The van der Waals surface area contributed by atoms with E-state index in [-0.39, 0.29) is 24.2 Å². The van der Waals surface area contributed by atoms with Crippen molar-refractivity contribution in [3.05, 3.63) is 35.9 Å². The molecule has 3 N–H and O–H groups in total. The molecule has 0 saturated heterocycles. The molecule has 0 fully saturated rings. The number of carbonyl (C=O) groups is 1. The average Bonchev–Trinajstić information content (AvgIpc) is 2.15. The van der Waals surface area contributed by atoms with Crippen LogP contribution in [-0.4, -0.2) is 16.4 Å². The lowest BCUT2D eigenvalue weighted by molar-refractivity contribution is -0.136. The Hall–Kier alpha value is -0.710. The lowest BCUT2D eigenvalue weighted by Crippen LogP contribution is -2.19. The molecule has 5 heteroatoms. The van der Waals surface area contributed by atoms with Gasteiger partial charge in [-0.15, -0.1) is 24.2 Å². The summed E-state index contributed by atoms with van der Waals surface area (Å²) < 4.78 is 0. The van der Waals surface area contributed by atoms with Gasteiger partial charge in [-0.05, 0) is 5.56 Å². The maximum atomic E-state index is 10.3. The topological polar surface area (TPSA) is 63.3 Å². The van der Waals surface area contributed by atoms with E-state index >= 15 is 0 Å². The molecule has 1 aromatic rings. The number of rotatable bonds is 5. The third-order valence-corrected chi connectivity index (χ3v) is 2.78. The van der Waals surface area contributed by atoms with E-state index in [1.807, 2.05) is 30.3 Å². The maximum absolute atomic E-state index is 10.3. The summed E-state index contributed by atoms with van der Waals surface area (Å²) in [4.78, 5) is 10.3. The van der Waals surface area contributed by atoms with Crippen molar-refractivity contribution in [2.75, 3.05) is 0 Å². The van der Waals surface area contributed by atoms with E-state index in [0.29, 0.717) is 0 Å². The Bertz CT molecular complexity index is 295. The first-order valence-electron chi connectivity index (χ1n) is 4.31. The number of halogens is 1. The van der Waals surface area contributed by atoms with Gasteiger partial charge in [-0.25, -0.2) is 0 Å². The molecule has 1 atom stereocenters. The Morgan fingerprint density at radius 2 is 2.00 bits per heavy atom. The van der Waals surface area contributed by atoms with Crippen molar-refractivity contribution in [3.8, 4) is 0 Å². The molecule has 0 heterocycles. The van der Waals surface area contributed by atoms with Crippen molar-refractivity contribution in [1.82, 2.24) is 0 Å². The van der Waals surface area contributed by atoms with Gasteiger partial charge in [-0.3, -0.25) is 4.79 Å². The van der Waals surface area contributed by atoms with Crippen LogP contribution in [-0.2, 0) is 10.5 Å². The van der Waals surface area contributed by atoms with E-state index < -0.39 is 5.97 Å². The number of hydrogen-bond donors (Lipinski definition) is 2. The summed E-state index contributed by atoms with van der Waals surface area (Å²) in [6.07, 6.45) is 0.0114. The molecular formula is C10H14ClNO2S. The van der Waals surface area contributed by atoms with E-state index in [0.717, 1.165) is 5.75 Å². The normalized spacial score (nSPS) is 11.5. The molecule has 0 aliphatic carbocycles. The van der Waals surface area contributed by atoms with Crippen molar-refractivity contribution in [2.45, 2.75) is 17.5 Å². The minimum Gasteiger partial charge on any atom is -0.481 e. The molecule has 0 bridgehead atoms. The molecule has 0 radical (unpaired) electrons. The Kier molecular flexibility index (Phi) is 7.21. The quantitative estimate of drug-likeness (QED) is 0.783. The molecule has 84 valence electrons. The highest BCUT2D eigenvalue weighted by atomic mass is 35.5. The van der Waals surface area contributed by atoms with Crippen LogP contribution in [0.25, 0.3) is 0 Å². The van der Waals surface area contributed by atoms with Crippen LogP contribution in [0.5, 0.6) is 0 Å². The fourth-order valence-corrected chi connectivity index (χ4v) is 1.87. The third kappa shape index (κ3) is 6.38. The number of aliphatic carboxylic acids is 1. The summed E-state index contributed by atoms with van der Waals surface area (Å²) >= 11 is 1.45. The van der Waals surface area contributed by atoms with Gasteiger partial charge in [0.2, 0.25) is 0 Å². The Labute approximate surface area is 99.5 Å². The first kappa shape index (κ1) is 14.3. The highest BCUT2D eigenvalue weighted by Gasteiger charge is 2.07. The summed E-state index contributed by atoms with van der Waals surface area (Å²) in [6, 6.07) is 9.86. The zero-order valence-corrected chi connectivity index (χ0v) is 9.76. The summed E-state index contributed by atoms with van der Waals surface area (Å²) in [5.74, 6) is -0.0898. The smallest absolute Gasteiger partial charge is 0.305 e. The molecule has 15 heavy (non-hydrogen) atoms. The van der Waals surface area contributed by atoms with Gasteiger partial charge in [0, 0.05) is 5.75 Å². The molecule has 0 aliphatic heterocycles. The van der Waals surface area contributed by atoms with Crippen LogP contribution in [0.1, 0.15) is 12.0 Å². The first-order chi connectivity index (χ1) is 6.68. The van der Waals surface area contributed by atoms with Gasteiger partial charge < -0.3 is 10.8 Å². The third-order valence-electron chi connectivity index (χ3n) is 1.68. The van der Waals surface area contributed by atoms with Crippen molar-refractivity contribution in [3.63, 3.8) is 0 Å². The van der Waals surface area contributed by atoms with Crippen molar-refractivity contribution in [2.24, 2.45) is 5.73 Å².